The van der Waals surface area contributed by atoms with Crippen LogP contribution in [0.4, 0.5) is 9.39 Å². The molecule has 0 unspecified atom stereocenters. The molecule has 0 fully saturated rings. The van der Waals surface area contributed by atoms with E-state index >= 15 is 0 Å². The Morgan fingerprint density at radius 2 is 2.12 bits per heavy atom. The Labute approximate surface area is 143 Å². The molecule has 0 radical (unpaired) electrons. The van der Waals surface area contributed by atoms with Gasteiger partial charge in [0.25, 0.3) is 11.8 Å². The third-order valence-corrected chi connectivity index (χ3v) is 5.71. The molecule has 3 rings (SSSR count). The standard InChI is InChI=1S/C18H19FN2O2S/c1-2-10-7-8-12-14(9-10)24-18(15(12)16(20)22)21-17(23)11-5-3-4-6-13(11)19/h3-6,10H,2,7-9H2,1H3,(H2,20,22)(H,21,23)/t10-/m0/s1. The summed E-state index contributed by atoms with van der Waals surface area (Å²) in [6.45, 7) is 2.15. The molecule has 1 aliphatic carbocycles. The average molecular weight is 346 g/mol. The van der Waals surface area contributed by atoms with E-state index in [0.717, 1.165) is 36.1 Å². The van der Waals surface area contributed by atoms with Crippen LogP contribution in [0.3, 0.4) is 0 Å². The van der Waals surface area contributed by atoms with E-state index in [0.29, 0.717) is 16.5 Å². The van der Waals surface area contributed by atoms with Crippen molar-refractivity contribution in [3.8, 4) is 0 Å². The maximum absolute atomic E-state index is 13.8. The number of hydrogen-bond donors (Lipinski definition) is 2. The zero-order valence-corrected chi connectivity index (χ0v) is 14.2. The van der Waals surface area contributed by atoms with E-state index in [1.165, 1.54) is 29.5 Å². The number of nitrogens with two attached hydrogens (primary N) is 1. The minimum atomic E-state index is -0.594. The maximum Gasteiger partial charge on any atom is 0.259 e. The van der Waals surface area contributed by atoms with E-state index in [1.54, 1.807) is 6.07 Å². The maximum atomic E-state index is 13.8. The fourth-order valence-corrected chi connectivity index (χ4v) is 4.53. The SMILES string of the molecule is CC[C@H]1CCc2c(sc(NC(=O)c3ccccc3F)c2C(N)=O)C1. The minimum absolute atomic E-state index is 0.0503. The lowest BCUT2D eigenvalue weighted by molar-refractivity contribution is 0.1000. The lowest BCUT2D eigenvalue weighted by Crippen LogP contribution is -2.20. The molecule has 4 nitrogen and oxygen atoms in total. The highest BCUT2D eigenvalue weighted by atomic mass is 32.1. The predicted molar refractivity (Wildman–Crippen MR) is 93.0 cm³/mol. The van der Waals surface area contributed by atoms with Crippen LogP contribution in [-0.2, 0) is 12.8 Å². The van der Waals surface area contributed by atoms with Gasteiger partial charge in [0.15, 0.2) is 0 Å². The van der Waals surface area contributed by atoms with Crippen molar-refractivity contribution in [3.63, 3.8) is 0 Å². The quantitative estimate of drug-likeness (QED) is 0.885. The number of halogens is 1. The molecule has 24 heavy (non-hydrogen) atoms. The van der Waals surface area contributed by atoms with Crippen LogP contribution in [0, 0.1) is 11.7 Å². The van der Waals surface area contributed by atoms with Crippen LogP contribution >= 0.6 is 11.3 Å². The molecule has 0 spiro atoms. The van der Waals surface area contributed by atoms with E-state index in [2.05, 4.69) is 12.2 Å². The van der Waals surface area contributed by atoms with Gasteiger partial charge in [-0.25, -0.2) is 4.39 Å². The molecule has 126 valence electrons. The second kappa shape index (κ2) is 6.73. The molecule has 1 atom stereocenters. The normalized spacial score (nSPS) is 16.5. The van der Waals surface area contributed by atoms with Crippen LogP contribution < -0.4 is 11.1 Å². The number of carbonyl (C=O) groups is 2. The van der Waals surface area contributed by atoms with Gasteiger partial charge in [-0.1, -0.05) is 25.5 Å². The number of benzene rings is 1. The molecule has 1 aromatic carbocycles. The summed E-state index contributed by atoms with van der Waals surface area (Å²) >= 11 is 1.38. The van der Waals surface area contributed by atoms with Crippen molar-refractivity contribution in [2.24, 2.45) is 11.7 Å². The van der Waals surface area contributed by atoms with Crippen LogP contribution in [0.2, 0.25) is 0 Å². The monoisotopic (exact) mass is 346 g/mol. The van der Waals surface area contributed by atoms with Gasteiger partial charge in [-0.15, -0.1) is 11.3 Å². The van der Waals surface area contributed by atoms with Gasteiger partial charge in [-0.05, 0) is 42.9 Å². The molecule has 0 saturated heterocycles. The highest BCUT2D eigenvalue weighted by Crippen LogP contribution is 2.40. The second-order valence-corrected chi connectivity index (χ2v) is 7.13. The Morgan fingerprint density at radius 3 is 2.79 bits per heavy atom. The molecule has 2 aromatic rings. The fourth-order valence-electron chi connectivity index (χ4n) is 3.17. The Kier molecular flexibility index (Phi) is 4.66. The number of rotatable bonds is 4. The van der Waals surface area contributed by atoms with E-state index in [1.807, 2.05) is 0 Å². The Balaban J connectivity index is 1.94. The first-order valence-corrected chi connectivity index (χ1v) is 8.83. The zero-order chi connectivity index (χ0) is 17.3. The van der Waals surface area contributed by atoms with Crippen molar-refractivity contribution in [2.45, 2.75) is 32.6 Å². The number of carbonyl (C=O) groups excluding carboxylic acids is 2. The van der Waals surface area contributed by atoms with Gasteiger partial charge < -0.3 is 11.1 Å². The summed E-state index contributed by atoms with van der Waals surface area (Å²) in [6.07, 6.45) is 3.78. The molecule has 2 amide bonds. The number of hydrogen-bond acceptors (Lipinski definition) is 3. The van der Waals surface area contributed by atoms with Crippen LogP contribution in [0.1, 0.15) is 50.9 Å². The largest absolute Gasteiger partial charge is 0.365 e. The summed E-state index contributed by atoms with van der Waals surface area (Å²) in [4.78, 5) is 25.3. The first-order valence-electron chi connectivity index (χ1n) is 8.01. The average Bonchev–Trinajstić information content (AvgIpc) is 2.91. The van der Waals surface area contributed by atoms with Crippen LogP contribution in [0.25, 0.3) is 0 Å². The summed E-state index contributed by atoms with van der Waals surface area (Å²) < 4.78 is 13.8. The molecule has 0 aliphatic heterocycles. The topological polar surface area (TPSA) is 72.2 Å². The fraction of sp³-hybridized carbons (Fsp3) is 0.333. The van der Waals surface area contributed by atoms with Gasteiger partial charge in [0.05, 0.1) is 11.1 Å². The molecule has 6 heteroatoms. The van der Waals surface area contributed by atoms with Crippen molar-refractivity contribution in [1.82, 2.24) is 0 Å². The first-order chi connectivity index (χ1) is 11.5. The van der Waals surface area contributed by atoms with Gasteiger partial charge in [0.2, 0.25) is 0 Å². The third kappa shape index (κ3) is 3.06. The smallest absolute Gasteiger partial charge is 0.259 e. The van der Waals surface area contributed by atoms with Gasteiger partial charge >= 0.3 is 0 Å². The zero-order valence-electron chi connectivity index (χ0n) is 13.4. The Hall–Kier alpha value is -2.21. The second-order valence-electron chi connectivity index (χ2n) is 6.02. The first kappa shape index (κ1) is 16.6. The van der Waals surface area contributed by atoms with Crippen molar-refractivity contribution >= 4 is 28.2 Å². The molecule has 1 aromatic heterocycles. The van der Waals surface area contributed by atoms with E-state index in [4.69, 9.17) is 5.73 Å². The molecular weight excluding hydrogens is 327 g/mol. The minimum Gasteiger partial charge on any atom is -0.365 e. The number of amides is 2. The van der Waals surface area contributed by atoms with Crippen LogP contribution in [0.15, 0.2) is 24.3 Å². The highest BCUT2D eigenvalue weighted by Gasteiger charge is 2.28. The molecule has 0 bridgehead atoms. The lowest BCUT2D eigenvalue weighted by Gasteiger charge is -2.20. The van der Waals surface area contributed by atoms with E-state index in [9.17, 15) is 14.0 Å². The molecule has 1 heterocycles. The van der Waals surface area contributed by atoms with Gasteiger partial charge in [0.1, 0.15) is 10.8 Å². The van der Waals surface area contributed by atoms with Crippen LogP contribution in [-0.4, -0.2) is 11.8 Å². The Bertz CT molecular complexity index is 800. The van der Waals surface area contributed by atoms with Gasteiger partial charge in [0, 0.05) is 4.88 Å². The molecule has 3 N–H and O–H groups in total. The molecule has 0 saturated carbocycles. The summed E-state index contributed by atoms with van der Waals surface area (Å²) in [5, 5.41) is 3.11. The predicted octanol–water partition coefficient (Wildman–Crippen LogP) is 3.75. The summed E-state index contributed by atoms with van der Waals surface area (Å²) in [5.74, 6) is -1.12. The number of anilines is 1. The van der Waals surface area contributed by atoms with Gasteiger partial charge in [-0.2, -0.15) is 0 Å². The number of primary amides is 1. The highest BCUT2D eigenvalue weighted by molar-refractivity contribution is 7.17. The van der Waals surface area contributed by atoms with E-state index in [-0.39, 0.29) is 5.56 Å². The van der Waals surface area contributed by atoms with Crippen molar-refractivity contribution in [2.75, 3.05) is 5.32 Å². The van der Waals surface area contributed by atoms with Crippen molar-refractivity contribution < 1.29 is 14.0 Å². The summed E-state index contributed by atoms with van der Waals surface area (Å²) in [5.41, 5.74) is 6.82. The Morgan fingerprint density at radius 1 is 1.38 bits per heavy atom. The number of fused-ring (bicyclic) bond motifs is 1. The molecular formula is C18H19FN2O2S. The summed E-state index contributed by atoms with van der Waals surface area (Å²) in [7, 11) is 0. The van der Waals surface area contributed by atoms with Crippen molar-refractivity contribution in [1.29, 1.82) is 0 Å². The summed E-state index contributed by atoms with van der Waals surface area (Å²) in [6, 6.07) is 5.76. The van der Waals surface area contributed by atoms with E-state index < -0.39 is 17.6 Å². The van der Waals surface area contributed by atoms with Crippen LogP contribution in [0.5, 0.6) is 0 Å². The lowest BCUT2D eigenvalue weighted by atomic mass is 9.85. The number of thiophene rings is 1. The molecule has 1 aliphatic rings. The van der Waals surface area contributed by atoms with Gasteiger partial charge in [-0.3, -0.25) is 9.59 Å². The number of nitrogens with one attached hydrogen (secondary N) is 1. The third-order valence-electron chi connectivity index (χ3n) is 4.54. The van der Waals surface area contributed by atoms with Crippen molar-refractivity contribution in [3.05, 3.63) is 51.7 Å².